The van der Waals surface area contributed by atoms with Crippen LogP contribution in [-0.4, -0.2) is 23.0 Å². The Balaban J connectivity index is 1.84. The Bertz CT molecular complexity index is 956. The van der Waals surface area contributed by atoms with E-state index < -0.39 is 0 Å². The fourth-order valence-corrected chi connectivity index (χ4v) is 2.77. The molecule has 0 aliphatic rings. The lowest BCUT2D eigenvalue weighted by Gasteiger charge is -2.13. The van der Waals surface area contributed by atoms with Gasteiger partial charge in [0.1, 0.15) is 17.5 Å². The molecule has 0 saturated heterocycles. The van der Waals surface area contributed by atoms with Crippen LogP contribution in [0, 0.1) is 6.92 Å². The summed E-state index contributed by atoms with van der Waals surface area (Å²) in [5.41, 5.74) is 3.46. The number of anilines is 4. The predicted octanol–water partition coefficient (Wildman–Crippen LogP) is 4.62. The molecule has 27 heavy (non-hydrogen) atoms. The van der Waals surface area contributed by atoms with Crippen molar-refractivity contribution in [2.75, 3.05) is 17.7 Å². The van der Waals surface area contributed by atoms with Crippen LogP contribution in [-0.2, 0) is 11.2 Å². The number of para-hydroxylation sites is 1. The van der Waals surface area contributed by atoms with Crippen LogP contribution in [0.2, 0.25) is 0 Å². The van der Waals surface area contributed by atoms with Crippen molar-refractivity contribution in [2.45, 2.75) is 20.3 Å². The molecule has 0 fully saturated rings. The Kier molecular flexibility index (Phi) is 5.66. The molecule has 0 aliphatic carbocycles. The number of benzene rings is 2. The minimum atomic E-state index is -0.379. The van der Waals surface area contributed by atoms with E-state index in [0.29, 0.717) is 23.0 Å². The van der Waals surface area contributed by atoms with Crippen LogP contribution < -0.4 is 10.6 Å². The van der Waals surface area contributed by atoms with Crippen molar-refractivity contribution in [1.82, 2.24) is 9.97 Å². The highest BCUT2D eigenvalue weighted by Crippen LogP contribution is 2.23. The highest BCUT2D eigenvalue weighted by atomic mass is 16.5. The van der Waals surface area contributed by atoms with Gasteiger partial charge < -0.3 is 15.4 Å². The predicted molar refractivity (Wildman–Crippen MR) is 107 cm³/mol. The first-order valence-electron chi connectivity index (χ1n) is 8.75. The molecule has 0 spiro atoms. The summed E-state index contributed by atoms with van der Waals surface area (Å²) in [7, 11) is 1.36. The number of hydrogen-bond acceptors (Lipinski definition) is 6. The molecule has 0 amide bonds. The van der Waals surface area contributed by atoms with Crippen LogP contribution in [0.5, 0.6) is 0 Å². The SMILES string of the molecule is CCc1ccccc1Nc1cc(Nc2cccc(C(=O)OC)c2)nc(C)n1. The lowest BCUT2D eigenvalue weighted by molar-refractivity contribution is 0.0601. The molecule has 1 heterocycles. The quantitative estimate of drug-likeness (QED) is 0.623. The Morgan fingerprint density at radius 1 is 1.00 bits per heavy atom. The minimum absolute atomic E-state index is 0.379. The molecule has 6 nitrogen and oxygen atoms in total. The number of rotatable bonds is 6. The fourth-order valence-electron chi connectivity index (χ4n) is 2.77. The Hall–Kier alpha value is -3.41. The topological polar surface area (TPSA) is 76.1 Å². The third-order valence-corrected chi connectivity index (χ3v) is 4.06. The molecule has 138 valence electrons. The third-order valence-electron chi connectivity index (χ3n) is 4.06. The van der Waals surface area contributed by atoms with Crippen LogP contribution in [0.15, 0.2) is 54.6 Å². The van der Waals surface area contributed by atoms with E-state index in [1.54, 1.807) is 18.2 Å². The van der Waals surface area contributed by atoms with Gasteiger partial charge in [0, 0.05) is 17.4 Å². The average molecular weight is 362 g/mol. The van der Waals surface area contributed by atoms with E-state index in [2.05, 4.69) is 33.6 Å². The Morgan fingerprint density at radius 3 is 2.48 bits per heavy atom. The summed E-state index contributed by atoms with van der Waals surface area (Å²) in [6.07, 6.45) is 0.929. The first-order chi connectivity index (χ1) is 13.1. The first-order valence-corrected chi connectivity index (χ1v) is 8.75. The van der Waals surface area contributed by atoms with Gasteiger partial charge in [-0.25, -0.2) is 14.8 Å². The maximum absolute atomic E-state index is 11.7. The molecule has 3 rings (SSSR count). The summed E-state index contributed by atoms with van der Waals surface area (Å²) in [5.74, 6) is 1.60. The molecular weight excluding hydrogens is 340 g/mol. The molecule has 0 saturated carbocycles. The third kappa shape index (κ3) is 4.61. The van der Waals surface area contributed by atoms with Crippen molar-refractivity contribution in [1.29, 1.82) is 0 Å². The largest absolute Gasteiger partial charge is 0.465 e. The van der Waals surface area contributed by atoms with Gasteiger partial charge in [0.25, 0.3) is 0 Å². The number of ether oxygens (including phenoxy) is 1. The summed E-state index contributed by atoms with van der Waals surface area (Å²) < 4.78 is 4.77. The van der Waals surface area contributed by atoms with Gasteiger partial charge in [-0.05, 0) is 43.2 Å². The second-order valence-electron chi connectivity index (χ2n) is 6.02. The van der Waals surface area contributed by atoms with E-state index in [4.69, 9.17) is 4.74 Å². The van der Waals surface area contributed by atoms with Crippen molar-refractivity contribution in [2.24, 2.45) is 0 Å². The van der Waals surface area contributed by atoms with Gasteiger partial charge in [-0.15, -0.1) is 0 Å². The van der Waals surface area contributed by atoms with E-state index in [1.807, 2.05) is 37.3 Å². The Labute approximate surface area is 158 Å². The standard InChI is InChI=1S/C21H22N4O2/c1-4-15-8-5-6-11-18(15)25-20-13-19(22-14(2)23-20)24-17-10-7-9-16(12-17)21(26)27-3/h5-13H,4H2,1-3H3,(H2,22,23,24,25). The van der Waals surface area contributed by atoms with Gasteiger partial charge in [-0.1, -0.05) is 31.2 Å². The number of aryl methyl sites for hydroxylation is 2. The van der Waals surface area contributed by atoms with Gasteiger partial charge in [0.05, 0.1) is 12.7 Å². The fraction of sp³-hybridized carbons (Fsp3) is 0.190. The van der Waals surface area contributed by atoms with Gasteiger partial charge in [-0.2, -0.15) is 0 Å². The lowest BCUT2D eigenvalue weighted by atomic mass is 10.1. The number of carbonyl (C=O) groups is 1. The second kappa shape index (κ2) is 8.31. The molecule has 3 aromatic rings. The molecule has 0 bridgehead atoms. The normalized spacial score (nSPS) is 10.3. The number of esters is 1. The highest BCUT2D eigenvalue weighted by Gasteiger charge is 2.08. The van der Waals surface area contributed by atoms with E-state index in [-0.39, 0.29) is 5.97 Å². The zero-order chi connectivity index (χ0) is 19.2. The molecule has 1 aromatic heterocycles. The minimum Gasteiger partial charge on any atom is -0.465 e. The van der Waals surface area contributed by atoms with Crippen molar-refractivity contribution in [3.8, 4) is 0 Å². The van der Waals surface area contributed by atoms with Crippen LogP contribution in [0.1, 0.15) is 28.7 Å². The van der Waals surface area contributed by atoms with Crippen molar-refractivity contribution in [3.63, 3.8) is 0 Å². The second-order valence-corrected chi connectivity index (χ2v) is 6.02. The van der Waals surface area contributed by atoms with E-state index in [1.165, 1.54) is 12.7 Å². The van der Waals surface area contributed by atoms with E-state index >= 15 is 0 Å². The lowest BCUT2D eigenvalue weighted by Crippen LogP contribution is -2.04. The summed E-state index contributed by atoms with van der Waals surface area (Å²) in [5, 5.41) is 6.58. The number of hydrogen-bond donors (Lipinski definition) is 2. The molecule has 0 atom stereocenters. The van der Waals surface area contributed by atoms with Crippen LogP contribution >= 0.6 is 0 Å². The Morgan fingerprint density at radius 2 is 1.74 bits per heavy atom. The van der Waals surface area contributed by atoms with Crippen molar-refractivity contribution >= 4 is 29.0 Å². The number of nitrogens with one attached hydrogen (secondary N) is 2. The molecule has 2 N–H and O–H groups in total. The van der Waals surface area contributed by atoms with E-state index in [0.717, 1.165) is 17.8 Å². The van der Waals surface area contributed by atoms with Crippen LogP contribution in [0.25, 0.3) is 0 Å². The summed E-state index contributed by atoms with van der Waals surface area (Å²) in [6.45, 7) is 3.96. The maximum Gasteiger partial charge on any atom is 0.337 e. The maximum atomic E-state index is 11.7. The monoisotopic (exact) mass is 362 g/mol. The average Bonchev–Trinajstić information content (AvgIpc) is 2.67. The number of carbonyl (C=O) groups excluding carboxylic acids is 1. The molecule has 6 heteroatoms. The summed E-state index contributed by atoms with van der Waals surface area (Å²) >= 11 is 0. The number of aromatic nitrogens is 2. The van der Waals surface area contributed by atoms with Crippen molar-refractivity contribution in [3.05, 3.63) is 71.5 Å². The van der Waals surface area contributed by atoms with Crippen molar-refractivity contribution < 1.29 is 9.53 Å². The smallest absolute Gasteiger partial charge is 0.337 e. The number of nitrogens with zero attached hydrogens (tertiary/aromatic N) is 2. The first kappa shape index (κ1) is 18.4. The van der Waals surface area contributed by atoms with Gasteiger partial charge in [0.15, 0.2) is 0 Å². The summed E-state index contributed by atoms with van der Waals surface area (Å²) in [6, 6.07) is 17.1. The van der Waals surface area contributed by atoms with E-state index in [9.17, 15) is 4.79 Å². The molecule has 2 aromatic carbocycles. The number of methoxy groups -OCH3 is 1. The van der Waals surface area contributed by atoms with Gasteiger partial charge in [0.2, 0.25) is 0 Å². The van der Waals surface area contributed by atoms with Crippen LogP contribution in [0.4, 0.5) is 23.0 Å². The molecular formula is C21H22N4O2. The zero-order valence-electron chi connectivity index (χ0n) is 15.6. The zero-order valence-corrected chi connectivity index (χ0v) is 15.6. The highest BCUT2D eigenvalue weighted by molar-refractivity contribution is 5.90. The molecule has 0 unspecified atom stereocenters. The molecule has 0 aliphatic heterocycles. The van der Waals surface area contributed by atoms with Gasteiger partial charge in [-0.3, -0.25) is 0 Å². The van der Waals surface area contributed by atoms with Crippen LogP contribution in [0.3, 0.4) is 0 Å². The molecule has 0 radical (unpaired) electrons. The summed E-state index contributed by atoms with van der Waals surface area (Å²) in [4.78, 5) is 20.6. The van der Waals surface area contributed by atoms with Gasteiger partial charge >= 0.3 is 5.97 Å².